The van der Waals surface area contributed by atoms with Crippen molar-refractivity contribution < 1.29 is 22.5 Å². The third-order valence-electron chi connectivity index (χ3n) is 7.75. The summed E-state index contributed by atoms with van der Waals surface area (Å²) in [4.78, 5) is 34.6. The van der Waals surface area contributed by atoms with E-state index >= 15 is 0 Å². The molecule has 2 aromatic heterocycles. The van der Waals surface area contributed by atoms with Crippen molar-refractivity contribution in [3.05, 3.63) is 86.3 Å². The Labute approximate surface area is 266 Å². The first-order valence-electron chi connectivity index (χ1n) is 13.2. The number of hydrogen-bond acceptors (Lipinski definition) is 7. The number of sulfonamides is 1. The van der Waals surface area contributed by atoms with E-state index in [4.69, 9.17) is 27.7 Å². The van der Waals surface area contributed by atoms with Gasteiger partial charge in [-0.25, -0.2) is 18.3 Å². The van der Waals surface area contributed by atoms with Crippen LogP contribution in [-0.2, 0) is 26.8 Å². The third kappa shape index (κ3) is 5.16. The highest BCUT2D eigenvalue weighted by Crippen LogP contribution is 2.45. The quantitative estimate of drug-likeness (QED) is 0.276. The van der Waals surface area contributed by atoms with E-state index < -0.39 is 15.6 Å². The average molecular weight is 708 g/mol. The van der Waals surface area contributed by atoms with Crippen LogP contribution in [-0.4, -0.2) is 70.3 Å². The Hall–Kier alpha value is -3.23. The van der Waals surface area contributed by atoms with Crippen LogP contribution >= 0.6 is 39.1 Å². The second-order valence-electron chi connectivity index (χ2n) is 10.6. The van der Waals surface area contributed by atoms with Crippen LogP contribution in [0.25, 0.3) is 0 Å². The lowest BCUT2D eigenvalue weighted by Gasteiger charge is -2.34. The molecule has 15 heteroatoms. The third-order valence-corrected chi connectivity index (χ3v) is 10.6. The van der Waals surface area contributed by atoms with Gasteiger partial charge in [-0.2, -0.15) is 4.31 Å². The largest absolute Gasteiger partial charge is 0.361 e. The summed E-state index contributed by atoms with van der Waals surface area (Å²) in [7, 11) is -4.14. The van der Waals surface area contributed by atoms with Gasteiger partial charge in [-0.15, -0.1) is 0 Å². The number of aryl methyl sites for hydroxylation is 1. The highest BCUT2D eigenvalue weighted by molar-refractivity contribution is 9.10. The molecule has 224 valence electrons. The van der Waals surface area contributed by atoms with Gasteiger partial charge in [0.05, 0.1) is 18.1 Å². The molecule has 11 nitrogen and oxygen atoms in total. The normalized spacial score (nSPS) is 19.2. The van der Waals surface area contributed by atoms with Gasteiger partial charge in [-0.3, -0.25) is 14.2 Å². The van der Waals surface area contributed by atoms with Gasteiger partial charge in [-0.05, 0) is 49.7 Å². The summed E-state index contributed by atoms with van der Waals surface area (Å²) in [5.41, 5.74) is 0.173. The number of hydrogen-bond donors (Lipinski definition) is 0. The smallest absolute Gasteiger partial charge is 0.260 e. The molecular weight excluding hydrogens is 683 g/mol. The summed E-state index contributed by atoms with van der Waals surface area (Å²) in [5.74, 6) is -0.120. The van der Waals surface area contributed by atoms with Gasteiger partial charge in [-0.1, -0.05) is 56.4 Å². The molecule has 2 amide bonds. The van der Waals surface area contributed by atoms with Crippen molar-refractivity contribution in [2.75, 3.05) is 31.1 Å². The molecule has 2 aromatic carbocycles. The van der Waals surface area contributed by atoms with E-state index in [-0.39, 0.29) is 55.4 Å². The summed E-state index contributed by atoms with van der Waals surface area (Å²) in [6.45, 7) is 3.81. The van der Waals surface area contributed by atoms with Crippen LogP contribution in [0.2, 0.25) is 10.0 Å². The Balaban J connectivity index is 1.37. The summed E-state index contributed by atoms with van der Waals surface area (Å²) >= 11 is 16.0. The van der Waals surface area contributed by atoms with E-state index in [2.05, 4.69) is 26.1 Å². The van der Waals surface area contributed by atoms with Crippen molar-refractivity contribution >= 4 is 72.6 Å². The maximum atomic E-state index is 14.3. The van der Waals surface area contributed by atoms with Crippen LogP contribution in [0.1, 0.15) is 28.6 Å². The van der Waals surface area contributed by atoms with Gasteiger partial charge in [0.1, 0.15) is 16.9 Å². The number of carbonyl (C=O) groups is 2. The van der Waals surface area contributed by atoms with Crippen molar-refractivity contribution in [3.63, 3.8) is 0 Å². The number of halogens is 3. The van der Waals surface area contributed by atoms with E-state index in [9.17, 15) is 18.0 Å². The number of aromatic nitrogens is 3. The Morgan fingerprint density at radius 3 is 2.30 bits per heavy atom. The fourth-order valence-electron chi connectivity index (χ4n) is 5.55. The lowest BCUT2D eigenvalue weighted by molar-refractivity contribution is -0.124. The van der Waals surface area contributed by atoms with Crippen LogP contribution in [0.15, 0.2) is 68.9 Å². The molecule has 43 heavy (non-hydrogen) atoms. The van der Waals surface area contributed by atoms with E-state index in [1.807, 2.05) is 24.3 Å². The molecule has 0 radical (unpaired) electrons. The van der Waals surface area contributed by atoms with Crippen molar-refractivity contribution in [1.29, 1.82) is 0 Å². The maximum absolute atomic E-state index is 14.3. The van der Waals surface area contributed by atoms with Gasteiger partial charge in [0.15, 0.2) is 5.03 Å². The minimum absolute atomic E-state index is 0.0594. The standard InChI is InChI=1S/C28H25BrCl2N6O5S/c1-17-23(15-33-42-17)25(38)34-7-9-35(10-8-34)43(40,41)24-16-32-27-36(22-12-20(30)11-21(31)13-22)26(39)28(2,37(24)27)14-18-3-5-19(29)6-4-18/h3-6,11-13,15-16H,7-10,14H2,1-2H3/t28-/m1/s1. The van der Waals surface area contributed by atoms with E-state index in [0.717, 1.165) is 10.0 Å². The molecule has 0 unspecified atom stereocenters. The minimum atomic E-state index is -4.14. The zero-order valence-corrected chi connectivity index (χ0v) is 26.9. The van der Waals surface area contributed by atoms with Gasteiger partial charge in [0.25, 0.3) is 21.8 Å². The van der Waals surface area contributed by atoms with Crippen LogP contribution < -0.4 is 4.90 Å². The zero-order chi connectivity index (χ0) is 30.7. The molecule has 4 aromatic rings. The van der Waals surface area contributed by atoms with Crippen molar-refractivity contribution in [2.45, 2.75) is 30.8 Å². The fraction of sp³-hybridized carbons (Fsp3) is 0.286. The predicted molar refractivity (Wildman–Crippen MR) is 163 cm³/mol. The first-order valence-corrected chi connectivity index (χ1v) is 16.2. The Kier molecular flexibility index (Phi) is 7.66. The fourth-order valence-corrected chi connectivity index (χ4v) is 7.94. The SMILES string of the molecule is Cc1oncc1C(=O)N1CCN(S(=O)(=O)c2cnc3n2[C@](C)(Cc2ccc(Br)cc2)C(=O)N3c2cc(Cl)cc(Cl)c2)CC1. The Morgan fingerprint density at radius 2 is 1.70 bits per heavy atom. The summed E-state index contributed by atoms with van der Waals surface area (Å²) in [6.07, 6.45) is 2.82. The van der Waals surface area contributed by atoms with Gasteiger partial charge >= 0.3 is 0 Å². The molecule has 1 saturated heterocycles. The molecule has 2 aliphatic heterocycles. The summed E-state index contributed by atoms with van der Waals surface area (Å²) < 4.78 is 37.0. The molecule has 6 rings (SSSR count). The molecule has 0 spiro atoms. The van der Waals surface area contributed by atoms with Gasteiger partial charge in [0.2, 0.25) is 5.95 Å². The van der Waals surface area contributed by atoms with Crippen molar-refractivity contribution in [3.8, 4) is 0 Å². The van der Waals surface area contributed by atoms with Crippen molar-refractivity contribution in [2.24, 2.45) is 0 Å². The second kappa shape index (κ2) is 11.0. The minimum Gasteiger partial charge on any atom is -0.361 e. The highest BCUT2D eigenvalue weighted by atomic mass is 79.9. The summed E-state index contributed by atoms with van der Waals surface area (Å²) in [6, 6.07) is 12.2. The van der Waals surface area contributed by atoms with Crippen molar-refractivity contribution in [1.82, 2.24) is 23.9 Å². The summed E-state index contributed by atoms with van der Waals surface area (Å²) in [5, 5.41) is 4.17. The Morgan fingerprint density at radius 1 is 1.05 bits per heavy atom. The van der Waals surface area contributed by atoms with E-state index in [0.29, 0.717) is 27.1 Å². The molecule has 0 saturated carbocycles. The average Bonchev–Trinajstić information content (AvgIpc) is 3.65. The number of benzene rings is 2. The van der Waals surface area contributed by atoms with E-state index in [1.54, 1.807) is 36.9 Å². The molecule has 0 N–H and O–H groups in total. The number of fused-ring (bicyclic) bond motifs is 1. The van der Waals surface area contributed by atoms with E-state index in [1.165, 1.54) is 26.2 Å². The van der Waals surface area contributed by atoms with Crippen LogP contribution in [0, 0.1) is 6.92 Å². The van der Waals surface area contributed by atoms with Crippen LogP contribution in [0.4, 0.5) is 11.6 Å². The van der Waals surface area contributed by atoms with Gasteiger partial charge < -0.3 is 9.42 Å². The van der Waals surface area contributed by atoms with Crippen LogP contribution in [0.3, 0.4) is 0 Å². The number of carbonyl (C=O) groups excluding carboxylic acids is 2. The predicted octanol–water partition coefficient (Wildman–Crippen LogP) is 5.03. The topological polar surface area (TPSA) is 122 Å². The number of imidazole rings is 1. The molecule has 0 bridgehead atoms. The lowest BCUT2D eigenvalue weighted by Crippen LogP contribution is -2.51. The monoisotopic (exact) mass is 706 g/mol. The lowest BCUT2D eigenvalue weighted by atomic mass is 9.92. The zero-order valence-electron chi connectivity index (χ0n) is 23.0. The number of nitrogens with zero attached hydrogens (tertiary/aromatic N) is 6. The molecule has 2 aliphatic rings. The number of amides is 2. The molecule has 4 heterocycles. The second-order valence-corrected chi connectivity index (χ2v) is 14.2. The molecule has 1 fully saturated rings. The Bertz CT molecular complexity index is 1830. The highest BCUT2D eigenvalue weighted by Gasteiger charge is 2.52. The first kappa shape index (κ1) is 29.8. The molecule has 0 aliphatic carbocycles. The van der Waals surface area contributed by atoms with Crippen LogP contribution in [0.5, 0.6) is 0 Å². The molecular formula is C28H25BrCl2N6O5S. The maximum Gasteiger partial charge on any atom is 0.260 e. The first-order chi connectivity index (χ1) is 20.4. The number of piperazine rings is 1. The molecule has 1 atom stereocenters. The van der Waals surface area contributed by atoms with Gasteiger partial charge in [0, 0.05) is 47.1 Å². The number of rotatable bonds is 6. The number of anilines is 2.